The molecule has 0 radical (unpaired) electrons. The second-order valence-electron chi connectivity index (χ2n) is 9.67. The van der Waals surface area contributed by atoms with Gasteiger partial charge in [0.05, 0.1) is 12.5 Å². The zero-order valence-electron chi connectivity index (χ0n) is 18.1. The summed E-state index contributed by atoms with van der Waals surface area (Å²) in [5, 5.41) is 0. The topological polar surface area (TPSA) is 43.9 Å². The van der Waals surface area contributed by atoms with Crippen molar-refractivity contribution in [1.82, 2.24) is 14.7 Å². The first kappa shape index (κ1) is 21.2. The first-order valence-corrected chi connectivity index (χ1v) is 12.6. The highest BCUT2D eigenvalue weighted by Crippen LogP contribution is 2.41. The zero-order valence-corrected chi connectivity index (χ0v) is 19.0. The highest BCUT2D eigenvalue weighted by Gasteiger charge is 2.39. The van der Waals surface area contributed by atoms with Crippen molar-refractivity contribution in [2.24, 2.45) is 17.8 Å². The number of likely N-dealkylation sites (N-methyl/N-ethyl adjacent to an activating group) is 1. The van der Waals surface area contributed by atoms with E-state index in [-0.39, 0.29) is 11.8 Å². The summed E-state index contributed by atoms with van der Waals surface area (Å²) in [6, 6.07) is 0.512. The minimum absolute atomic E-state index is 0.0732. The fourth-order valence-corrected chi connectivity index (χ4v) is 7.12. The largest absolute Gasteiger partial charge is 0.342 e. The van der Waals surface area contributed by atoms with Gasteiger partial charge in [0.15, 0.2) is 0 Å². The summed E-state index contributed by atoms with van der Waals surface area (Å²) in [5.74, 6) is 2.91. The van der Waals surface area contributed by atoms with Gasteiger partial charge in [-0.25, -0.2) is 0 Å². The average molecular weight is 420 g/mol. The number of rotatable bonds is 4. The van der Waals surface area contributed by atoms with Crippen LogP contribution in [0.1, 0.15) is 51.4 Å². The van der Waals surface area contributed by atoms with Crippen LogP contribution in [0.4, 0.5) is 0 Å². The van der Waals surface area contributed by atoms with E-state index in [0.717, 1.165) is 44.1 Å². The van der Waals surface area contributed by atoms with Gasteiger partial charge in [0, 0.05) is 31.4 Å². The van der Waals surface area contributed by atoms with Crippen LogP contribution in [0, 0.1) is 17.8 Å². The standard InChI is InChI=1S/C23H37N3O2S/c1-24(2)15-22(27)25-12-9-18(10-13-25)21-14-19(16-29-21)23(28)26-11-5-7-17-6-3-4-8-20(17)26/h14,17-20H,3-13,15-16H2,1-2H3. The molecule has 0 aromatic rings. The lowest BCUT2D eigenvalue weighted by atomic mass is 9.78. The number of amides is 2. The molecule has 3 aliphatic heterocycles. The molecule has 3 atom stereocenters. The number of carbonyl (C=O) groups is 2. The molecular weight excluding hydrogens is 382 g/mol. The summed E-state index contributed by atoms with van der Waals surface area (Å²) in [4.78, 5) is 33.3. The van der Waals surface area contributed by atoms with Gasteiger partial charge in [-0.2, -0.15) is 0 Å². The lowest BCUT2D eigenvalue weighted by molar-refractivity contribution is -0.139. The van der Waals surface area contributed by atoms with E-state index in [1.54, 1.807) is 0 Å². The number of nitrogens with zero attached hydrogens (tertiary/aromatic N) is 3. The van der Waals surface area contributed by atoms with Crippen molar-refractivity contribution in [2.75, 3.05) is 46.0 Å². The fourth-order valence-electron chi connectivity index (χ4n) is 5.77. The predicted molar refractivity (Wildman–Crippen MR) is 119 cm³/mol. The average Bonchev–Trinajstić information content (AvgIpc) is 3.23. The molecule has 0 N–H and O–H groups in total. The highest BCUT2D eigenvalue weighted by atomic mass is 32.2. The maximum Gasteiger partial charge on any atom is 0.236 e. The van der Waals surface area contributed by atoms with Crippen LogP contribution in [0.25, 0.3) is 0 Å². The van der Waals surface area contributed by atoms with Crippen LogP contribution in [-0.4, -0.2) is 78.6 Å². The first-order valence-electron chi connectivity index (χ1n) is 11.6. The number of thioether (sulfide) groups is 1. The van der Waals surface area contributed by atoms with Gasteiger partial charge in [0.25, 0.3) is 0 Å². The Morgan fingerprint density at radius 1 is 1.03 bits per heavy atom. The molecule has 0 aromatic heterocycles. The molecule has 3 fully saturated rings. The molecular formula is C23H37N3O2S. The summed E-state index contributed by atoms with van der Waals surface area (Å²) in [7, 11) is 3.89. The predicted octanol–water partition coefficient (Wildman–Crippen LogP) is 3.21. The maximum absolute atomic E-state index is 13.3. The van der Waals surface area contributed by atoms with Crippen LogP contribution < -0.4 is 0 Å². The second kappa shape index (κ2) is 9.42. The third-order valence-electron chi connectivity index (χ3n) is 7.34. The minimum atomic E-state index is 0.0732. The monoisotopic (exact) mass is 419 g/mol. The number of allylic oxidation sites excluding steroid dienone is 1. The Hall–Kier alpha value is -1.01. The van der Waals surface area contributed by atoms with Crippen molar-refractivity contribution in [1.29, 1.82) is 0 Å². The van der Waals surface area contributed by atoms with Crippen LogP contribution in [0.3, 0.4) is 0 Å². The molecule has 6 heteroatoms. The van der Waals surface area contributed by atoms with Gasteiger partial charge in [-0.15, -0.1) is 11.8 Å². The smallest absolute Gasteiger partial charge is 0.236 e. The molecule has 5 nitrogen and oxygen atoms in total. The van der Waals surface area contributed by atoms with Crippen LogP contribution >= 0.6 is 11.8 Å². The molecule has 2 amide bonds. The summed E-state index contributed by atoms with van der Waals surface area (Å²) in [5.41, 5.74) is 0. The Bertz CT molecular complexity index is 640. The molecule has 29 heavy (non-hydrogen) atoms. The van der Waals surface area contributed by atoms with Crippen LogP contribution in [0.5, 0.6) is 0 Å². The molecule has 0 aromatic carbocycles. The molecule has 162 valence electrons. The van der Waals surface area contributed by atoms with E-state index >= 15 is 0 Å². The number of piperidine rings is 2. The van der Waals surface area contributed by atoms with Gasteiger partial charge in [-0.3, -0.25) is 9.59 Å². The molecule has 2 saturated heterocycles. The third-order valence-corrected chi connectivity index (χ3v) is 8.67. The molecule has 1 aliphatic carbocycles. The van der Waals surface area contributed by atoms with E-state index < -0.39 is 0 Å². The van der Waals surface area contributed by atoms with Crippen molar-refractivity contribution < 1.29 is 9.59 Å². The molecule has 4 rings (SSSR count). The quantitative estimate of drug-likeness (QED) is 0.702. The molecule has 1 saturated carbocycles. The molecule has 3 heterocycles. The SMILES string of the molecule is CN(C)CC(=O)N1CCC(C2=CC(C(=O)N3CCCC4CCCCC43)CS2)CC1. The van der Waals surface area contributed by atoms with Crippen molar-refractivity contribution >= 4 is 23.6 Å². The van der Waals surface area contributed by atoms with Crippen molar-refractivity contribution in [2.45, 2.75) is 57.4 Å². The summed E-state index contributed by atoms with van der Waals surface area (Å²) in [6.07, 6.45) is 12.0. The van der Waals surface area contributed by atoms with Crippen molar-refractivity contribution in [3.05, 3.63) is 11.0 Å². The zero-order chi connectivity index (χ0) is 20.4. The van der Waals surface area contributed by atoms with Gasteiger partial charge in [-0.05, 0) is 69.4 Å². The fraction of sp³-hybridized carbons (Fsp3) is 0.826. The number of hydrogen-bond acceptors (Lipinski definition) is 4. The van der Waals surface area contributed by atoms with Crippen LogP contribution in [0.15, 0.2) is 11.0 Å². The highest BCUT2D eigenvalue weighted by molar-refractivity contribution is 8.03. The minimum Gasteiger partial charge on any atom is -0.342 e. The Morgan fingerprint density at radius 3 is 2.52 bits per heavy atom. The number of likely N-dealkylation sites (tertiary alicyclic amines) is 2. The summed E-state index contributed by atoms with van der Waals surface area (Å²) < 4.78 is 0. The van der Waals surface area contributed by atoms with Gasteiger partial charge >= 0.3 is 0 Å². The van der Waals surface area contributed by atoms with E-state index in [1.807, 2.05) is 35.7 Å². The second-order valence-corrected chi connectivity index (χ2v) is 10.8. The van der Waals surface area contributed by atoms with Gasteiger partial charge < -0.3 is 14.7 Å². The van der Waals surface area contributed by atoms with Crippen LogP contribution in [0.2, 0.25) is 0 Å². The molecule has 0 bridgehead atoms. The van der Waals surface area contributed by atoms with E-state index in [0.29, 0.717) is 24.4 Å². The molecule has 4 aliphatic rings. The van der Waals surface area contributed by atoms with E-state index in [4.69, 9.17) is 0 Å². The van der Waals surface area contributed by atoms with E-state index in [9.17, 15) is 9.59 Å². The normalized spacial score (nSPS) is 31.0. The molecule has 0 spiro atoms. The van der Waals surface area contributed by atoms with Gasteiger partial charge in [0.1, 0.15) is 0 Å². The van der Waals surface area contributed by atoms with Crippen molar-refractivity contribution in [3.8, 4) is 0 Å². The van der Waals surface area contributed by atoms with E-state index in [2.05, 4.69) is 11.0 Å². The van der Waals surface area contributed by atoms with Crippen LogP contribution in [-0.2, 0) is 9.59 Å². The first-order chi connectivity index (χ1) is 14.0. The summed E-state index contributed by atoms with van der Waals surface area (Å²) in [6.45, 7) is 3.17. The Balaban J connectivity index is 1.32. The Labute approximate surface area is 180 Å². The van der Waals surface area contributed by atoms with Gasteiger partial charge in [0.2, 0.25) is 11.8 Å². The lowest BCUT2D eigenvalue weighted by Crippen LogP contribution is -2.51. The third kappa shape index (κ3) is 4.84. The van der Waals surface area contributed by atoms with Crippen molar-refractivity contribution in [3.63, 3.8) is 0 Å². The molecule has 3 unspecified atom stereocenters. The van der Waals surface area contributed by atoms with E-state index in [1.165, 1.54) is 43.4 Å². The number of fused-ring (bicyclic) bond motifs is 1. The lowest BCUT2D eigenvalue weighted by Gasteiger charge is -2.44. The maximum atomic E-state index is 13.3. The van der Waals surface area contributed by atoms with Gasteiger partial charge in [-0.1, -0.05) is 18.9 Å². The Kier molecular flexibility index (Phi) is 6.90. The summed E-state index contributed by atoms with van der Waals surface area (Å²) >= 11 is 1.90. The Morgan fingerprint density at radius 2 is 1.76 bits per heavy atom. The number of carbonyl (C=O) groups excluding carboxylic acids is 2. The number of hydrogen-bond donors (Lipinski definition) is 0.